The molecule has 3 rings (SSSR count). The number of rotatable bonds is 9. The van der Waals surface area contributed by atoms with Gasteiger partial charge in [-0.25, -0.2) is 0 Å². The summed E-state index contributed by atoms with van der Waals surface area (Å²) in [5.74, 6) is -0.239. The summed E-state index contributed by atoms with van der Waals surface area (Å²) in [5.41, 5.74) is 1.80. The summed E-state index contributed by atoms with van der Waals surface area (Å²) in [7, 11) is 0. The van der Waals surface area contributed by atoms with Crippen molar-refractivity contribution in [1.29, 1.82) is 0 Å². The lowest BCUT2D eigenvalue weighted by atomic mass is 9.96. The fraction of sp³-hybridized carbons (Fsp3) is 0.455. The molecule has 2 aromatic heterocycles. The van der Waals surface area contributed by atoms with Crippen molar-refractivity contribution in [3.63, 3.8) is 0 Å². The first-order valence-corrected chi connectivity index (χ1v) is 10.2. The molecule has 3 atom stereocenters. The van der Waals surface area contributed by atoms with E-state index in [1.54, 1.807) is 30.7 Å². The van der Waals surface area contributed by atoms with Crippen molar-refractivity contribution in [3.8, 4) is 0 Å². The van der Waals surface area contributed by atoms with Crippen LogP contribution in [0.4, 0.5) is 0 Å². The summed E-state index contributed by atoms with van der Waals surface area (Å²) in [4.78, 5) is 32.6. The second kappa shape index (κ2) is 11.4. The normalized spacial score (nSPS) is 21.0. The van der Waals surface area contributed by atoms with Crippen LogP contribution in [0.1, 0.15) is 30.5 Å². The average Bonchev–Trinajstić information content (AvgIpc) is 2.76. The van der Waals surface area contributed by atoms with Crippen molar-refractivity contribution in [2.75, 3.05) is 13.2 Å². The molecule has 3 N–H and O–H groups in total. The lowest BCUT2D eigenvalue weighted by Gasteiger charge is -2.36. The van der Waals surface area contributed by atoms with E-state index in [1.807, 2.05) is 18.2 Å². The number of nitrogens with one attached hydrogen (secondary N) is 2. The maximum Gasteiger partial charge on any atom is 0.226 e. The van der Waals surface area contributed by atoms with Crippen molar-refractivity contribution in [1.82, 2.24) is 20.6 Å². The van der Waals surface area contributed by atoms with Gasteiger partial charge in [0.1, 0.15) is 6.10 Å². The lowest BCUT2D eigenvalue weighted by Crippen LogP contribution is -2.51. The van der Waals surface area contributed by atoms with Crippen LogP contribution in [0.2, 0.25) is 0 Å². The minimum absolute atomic E-state index is 0.0802. The topological polar surface area (TPSA) is 113 Å². The number of ether oxygens (including phenoxy) is 1. The Hall–Kier alpha value is -2.84. The smallest absolute Gasteiger partial charge is 0.226 e. The fourth-order valence-electron chi connectivity index (χ4n) is 3.55. The Morgan fingerprint density at radius 1 is 1.10 bits per heavy atom. The van der Waals surface area contributed by atoms with Gasteiger partial charge in [0.2, 0.25) is 11.8 Å². The molecule has 1 aliphatic heterocycles. The van der Waals surface area contributed by atoms with Gasteiger partial charge in [-0.3, -0.25) is 19.6 Å². The lowest BCUT2D eigenvalue weighted by molar-refractivity contribution is -0.135. The quantitative estimate of drug-likeness (QED) is 0.561. The predicted molar refractivity (Wildman–Crippen MR) is 110 cm³/mol. The first kappa shape index (κ1) is 21.9. The highest BCUT2D eigenvalue weighted by atomic mass is 16.5. The second-order valence-corrected chi connectivity index (χ2v) is 7.39. The van der Waals surface area contributed by atoms with E-state index in [1.165, 1.54) is 0 Å². The van der Waals surface area contributed by atoms with Crippen LogP contribution >= 0.6 is 0 Å². The predicted octanol–water partition coefficient (Wildman–Crippen LogP) is 0.793. The van der Waals surface area contributed by atoms with Crippen molar-refractivity contribution >= 4 is 11.8 Å². The maximum absolute atomic E-state index is 12.3. The van der Waals surface area contributed by atoms with E-state index >= 15 is 0 Å². The molecule has 0 saturated carbocycles. The van der Waals surface area contributed by atoms with Gasteiger partial charge in [0.15, 0.2) is 0 Å². The van der Waals surface area contributed by atoms with Gasteiger partial charge in [0.25, 0.3) is 0 Å². The third kappa shape index (κ3) is 6.89. The molecule has 0 radical (unpaired) electrons. The van der Waals surface area contributed by atoms with Crippen molar-refractivity contribution in [2.45, 2.75) is 50.4 Å². The molecule has 0 bridgehead atoms. The summed E-state index contributed by atoms with van der Waals surface area (Å²) < 4.78 is 5.89. The number of carbonyl (C=O) groups is 2. The Kier molecular flexibility index (Phi) is 8.29. The molecule has 30 heavy (non-hydrogen) atoms. The Morgan fingerprint density at radius 2 is 1.93 bits per heavy atom. The molecule has 0 unspecified atom stereocenters. The number of aliphatic hydroxyl groups is 1. The molecular weight excluding hydrogens is 384 g/mol. The van der Waals surface area contributed by atoms with Crippen LogP contribution < -0.4 is 10.6 Å². The molecule has 2 amide bonds. The molecule has 2 aromatic rings. The monoisotopic (exact) mass is 412 g/mol. The van der Waals surface area contributed by atoms with Gasteiger partial charge in [-0.15, -0.1) is 0 Å². The van der Waals surface area contributed by atoms with Crippen LogP contribution in [0.3, 0.4) is 0 Å². The number of aromatic nitrogens is 2. The van der Waals surface area contributed by atoms with Gasteiger partial charge in [0.05, 0.1) is 31.6 Å². The fourth-order valence-corrected chi connectivity index (χ4v) is 3.55. The van der Waals surface area contributed by atoms with E-state index in [0.29, 0.717) is 25.1 Å². The van der Waals surface area contributed by atoms with E-state index in [0.717, 1.165) is 12.0 Å². The average molecular weight is 412 g/mol. The van der Waals surface area contributed by atoms with Gasteiger partial charge in [-0.2, -0.15) is 0 Å². The number of pyridine rings is 2. The van der Waals surface area contributed by atoms with E-state index in [4.69, 9.17) is 4.74 Å². The number of aliphatic hydroxyl groups excluding tert-OH is 1. The maximum atomic E-state index is 12.3. The third-order valence-electron chi connectivity index (χ3n) is 5.11. The molecule has 1 aliphatic rings. The van der Waals surface area contributed by atoms with Gasteiger partial charge in [-0.1, -0.05) is 6.07 Å². The van der Waals surface area contributed by atoms with E-state index in [2.05, 4.69) is 20.6 Å². The van der Waals surface area contributed by atoms with Gasteiger partial charge < -0.3 is 20.5 Å². The molecule has 3 heterocycles. The van der Waals surface area contributed by atoms with Gasteiger partial charge >= 0.3 is 0 Å². The molecule has 8 nitrogen and oxygen atoms in total. The zero-order valence-corrected chi connectivity index (χ0v) is 16.9. The summed E-state index contributed by atoms with van der Waals surface area (Å²) >= 11 is 0. The third-order valence-corrected chi connectivity index (χ3v) is 5.11. The van der Waals surface area contributed by atoms with E-state index < -0.39 is 6.10 Å². The van der Waals surface area contributed by atoms with Crippen LogP contribution in [0, 0.1) is 0 Å². The van der Waals surface area contributed by atoms with Crippen molar-refractivity contribution in [3.05, 3.63) is 60.2 Å². The number of amides is 2. The molecule has 0 spiro atoms. The van der Waals surface area contributed by atoms with Crippen LogP contribution in [0.15, 0.2) is 48.9 Å². The standard InChI is InChI=1S/C22H28N4O4/c27-15-20-19(26-22(29)13-17-3-1-2-9-24-17)5-4-18(30-20)14-21(28)25-12-8-16-6-10-23-11-7-16/h1-3,6-7,9-11,18-20,27H,4-5,8,12-15H2,(H,25,28)(H,26,29)/t18-,19+,20-/m0/s1. The zero-order chi connectivity index (χ0) is 21.2. The van der Waals surface area contributed by atoms with Crippen LogP contribution in [-0.2, 0) is 27.2 Å². The Bertz CT molecular complexity index is 803. The minimum atomic E-state index is -0.527. The number of nitrogens with zero attached hydrogens (tertiary/aromatic N) is 2. The van der Waals surface area contributed by atoms with Crippen molar-refractivity contribution < 1.29 is 19.4 Å². The van der Waals surface area contributed by atoms with E-state index in [-0.39, 0.29) is 43.4 Å². The molecule has 1 fully saturated rings. The largest absolute Gasteiger partial charge is 0.394 e. The molecule has 160 valence electrons. The summed E-state index contributed by atoms with van der Waals surface area (Å²) in [6.07, 6.45) is 6.75. The summed E-state index contributed by atoms with van der Waals surface area (Å²) in [5, 5.41) is 15.5. The second-order valence-electron chi connectivity index (χ2n) is 7.39. The first-order chi connectivity index (χ1) is 14.6. The Labute approximate surface area is 176 Å². The molecule has 1 saturated heterocycles. The number of hydrogen-bond donors (Lipinski definition) is 3. The minimum Gasteiger partial charge on any atom is -0.394 e. The zero-order valence-electron chi connectivity index (χ0n) is 16.9. The molecular formula is C22H28N4O4. The molecule has 0 aliphatic carbocycles. The van der Waals surface area contributed by atoms with Crippen LogP contribution in [-0.4, -0.2) is 58.3 Å². The Morgan fingerprint density at radius 3 is 2.67 bits per heavy atom. The molecule has 8 heteroatoms. The highest BCUT2D eigenvalue weighted by Gasteiger charge is 2.32. The first-order valence-electron chi connectivity index (χ1n) is 10.2. The SMILES string of the molecule is O=C(C[C@@H]1CC[C@@H](NC(=O)Cc2ccccn2)[C@H](CO)O1)NCCc1ccncc1. The summed E-state index contributed by atoms with van der Waals surface area (Å²) in [6, 6.07) is 8.99. The number of carbonyl (C=O) groups excluding carboxylic acids is 2. The van der Waals surface area contributed by atoms with Crippen molar-refractivity contribution in [2.24, 2.45) is 0 Å². The highest BCUT2D eigenvalue weighted by Crippen LogP contribution is 2.22. The number of hydrogen-bond acceptors (Lipinski definition) is 6. The summed E-state index contributed by atoms with van der Waals surface area (Å²) in [6.45, 7) is 0.333. The van der Waals surface area contributed by atoms with Gasteiger partial charge in [-0.05, 0) is 49.1 Å². The van der Waals surface area contributed by atoms with E-state index in [9.17, 15) is 14.7 Å². The Balaban J connectivity index is 1.40. The highest BCUT2D eigenvalue weighted by molar-refractivity contribution is 5.78. The van der Waals surface area contributed by atoms with Crippen LogP contribution in [0.25, 0.3) is 0 Å². The van der Waals surface area contributed by atoms with Gasteiger partial charge in [0, 0.05) is 30.8 Å². The van der Waals surface area contributed by atoms with Crippen LogP contribution in [0.5, 0.6) is 0 Å². The molecule has 0 aromatic carbocycles.